The minimum absolute atomic E-state index is 0.0494. The molecule has 0 fully saturated rings. The fourth-order valence-corrected chi connectivity index (χ4v) is 2.97. The van der Waals surface area contributed by atoms with Gasteiger partial charge in [0, 0.05) is 0 Å². The van der Waals surface area contributed by atoms with Crippen molar-refractivity contribution in [1.82, 2.24) is 4.90 Å². The Kier molecular flexibility index (Phi) is 16.6. The lowest BCUT2D eigenvalue weighted by molar-refractivity contribution is 0.159. The second-order valence-corrected chi connectivity index (χ2v) is 7.06. The first-order valence-electron chi connectivity index (χ1n) is 9.93. The molecule has 0 spiro atoms. The molecule has 0 amide bonds. The summed E-state index contributed by atoms with van der Waals surface area (Å²) >= 11 is 0. The van der Waals surface area contributed by atoms with Gasteiger partial charge in [-0.3, -0.25) is 0 Å². The van der Waals surface area contributed by atoms with Gasteiger partial charge in [0.25, 0.3) is 0 Å². The highest BCUT2D eigenvalue weighted by molar-refractivity contribution is 4.99. The van der Waals surface area contributed by atoms with Crippen LogP contribution in [0.1, 0.15) is 84.0 Å². The maximum absolute atomic E-state index is 10.9. The predicted molar refractivity (Wildman–Crippen MR) is 104 cm³/mol. The summed E-state index contributed by atoms with van der Waals surface area (Å²) in [6.07, 6.45) is 19.7. The van der Waals surface area contributed by atoms with E-state index >= 15 is 0 Å². The zero-order valence-electron chi connectivity index (χ0n) is 16.3. The van der Waals surface area contributed by atoms with Crippen LogP contribution in [0.2, 0.25) is 0 Å². The summed E-state index contributed by atoms with van der Waals surface area (Å²) < 4.78 is 0. The number of nitroso groups, excluding NO2 is 1. The first-order valence-corrected chi connectivity index (χ1v) is 9.93. The van der Waals surface area contributed by atoms with Crippen LogP contribution in [0.15, 0.2) is 17.3 Å². The number of aliphatic hydroxyl groups is 1. The Hall–Kier alpha value is -0.740. The zero-order valence-corrected chi connectivity index (χ0v) is 16.3. The highest BCUT2D eigenvalue weighted by Gasteiger charge is 2.20. The van der Waals surface area contributed by atoms with Gasteiger partial charge in [-0.2, -0.15) is 4.91 Å². The van der Waals surface area contributed by atoms with Crippen LogP contribution >= 0.6 is 0 Å². The van der Waals surface area contributed by atoms with Crippen LogP contribution in [0.5, 0.6) is 0 Å². The molecule has 1 N–H and O–H groups in total. The second kappa shape index (κ2) is 17.1. The Labute approximate surface area is 149 Å². The van der Waals surface area contributed by atoms with Gasteiger partial charge in [-0.05, 0) is 26.9 Å². The SMILES string of the molecule is CCCCCCCCCCCCC/C=C/C(N=O)C(CO)N(C)C. The lowest BCUT2D eigenvalue weighted by atomic mass is 10.0. The lowest BCUT2D eigenvalue weighted by Gasteiger charge is -2.24. The molecule has 0 aliphatic carbocycles. The molecule has 0 rings (SSSR count). The summed E-state index contributed by atoms with van der Waals surface area (Å²) in [4.78, 5) is 12.8. The average molecular weight is 341 g/mol. The molecule has 0 aromatic rings. The molecular weight excluding hydrogens is 300 g/mol. The number of rotatable bonds is 17. The van der Waals surface area contributed by atoms with E-state index in [9.17, 15) is 10.0 Å². The highest BCUT2D eigenvalue weighted by Crippen LogP contribution is 2.12. The van der Waals surface area contributed by atoms with Crippen molar-refractivity contribution in [3.05, 3.63) is 17.1 Å². The third kappa shape index (κ3) is 12.7. The molecule has 2 atom stereocenters. The Morgan fingerprint density at radius 3 is 1.83 bits per heavy atom. The van der Waals surface area contributed by atoms with E-state index in [0.29, 0.717) is 0 Å². The molecule has 0 radical (unpaired) electrons. The zero-order chi connectivity index (χ0) is 18.0. The molecule has 0 aliphatic rings. The van der Waals surface area contributed by atoms with Crippen molar-refractivity contribution in [3.8, 4) is 0 Å². The summed E-state index contributed by atoms with van der Waals surface area (Å²) in [7, 11) is 3.72. The van der Waals surface area contributed by atoms with Crippen LogP contribution in [0, 0.1) is 4.91 Å². The quantitative estimate of drug-likeness (QED) is 0.222. The molecule has 4 heteroatoms. The van der Waals surface area contributed by atoms with Gasteiger partial charge in [0.05, 0.1) is 12.6 Å². The van der Waals surface area contributed by atoms with Crippen LogP contribution in [-0.4, -0.2) is 42.8 Å². The number of likely N-dealkylation sites (N-methyl/N-ethyl adjacent to an activating group) is 1. The monoisotopic (exact) mass is 340 g/mol. The molecule has 0 aromatic heterocycles. The van der Waals surface area contributed by atoms with Crippen molar-refractivity contribution >= 4 is 0 Å². The number of allylic oxidation sites excluding steroid dienone is 1. The minimum atomic E-state index is -0.460. The Bertz CT molecular complexity index is 306. The van der Waals surface area contributed by atoms with Gasteiger partial charge in [0.1, 0.15) is 6.04 Å². The van der Waals surface area contributed by atoms with Crippen LogP contribution < -0.4 is 0 Å². The van der Waals surface area contributed by atoms with Crippen molar-refractivity contribution in [2.24, 2.45) is 5.18 Å². The maximum Gasteiger partial charge on any atom is 0.128 e. The van der Waals surface area contributed by atoms with Crippen LogP contribution in [0.3, 0.4) is 0 Å². The Balaban J connectivity index is 3.56. The molecule has 0 saturated carbocycles. The fourth-order valence-electron chi connectivity index (χ4n) is 2.97. The first kappa shape index (κ1) is 23.3. The third-order valence-electron chi connectivity index (χ3n) is 4.67. The highest BCUT2D eigenvalue weighted by atomic mass is 16.3. The number of hydrogen-bond donors (Lipinski definition) is 1. The average Bonchev–Trinajstić information content (AvgIpc) is 2.57. The van der Waals surface area contributed by atoms with Crippen LogP contribution in [0.4, 0.5) is 0 Å². The third-order valence-corrected chi connectivity index (χ3v) is 4.67. The van der Waals surface area contributed by atoms with Crippen molar-refractivity contribution in [1.29, 1.82) is 0 Å². The molecule has 0 bridgehead atoms. The van der Waals surface area contributed by atoms with E-state index in [0.717, 1.165) is 6.42 Å². The fraction of sp³-hybridized carbons (Fsp3) is 0.900. The van der Waals surface area contributed by atoms with Crippen LogP contribution in [0.25, 0.3) is 0 Å². The predicted octanol–water partition coefficient (Wildman–Crippen LogP) is 5.30. The van der Waals surface area contributed by atoms with Gasteiger partial charge in [-0.15, -0.1) is 0 Å². The van der Waals surface area contributed by atoms with E-state index in [2.05, 4.69) is 12.1 Å². The first-order chi connectivity index (χ1) is 11.7. The number of aliphatic hydroxyl groups excluding tert-OH is 1. The number of unbranched alkanes of at least 4 members (excludes halogenated alkanes) is 11. The normalized spacial score (nSPS) is 14.4. The topological polar surface area (TPSA) is 52.9 Å². The van der Waals surface area contributed by atoms with Gasteiger partial charge in [0.15, 0.2) is 0 Å². The molecule has 142 valence electrons. The summed E-state index contributed by atoms with van der Waals surface area (Å²) in [6.45, 7) is 2.21. The second-order valence-electron chi connectivity index (χ2n) is 7.06. The molecule has 4 nitrogen and oxygen atoms in total. The van der Waals surface area contributed by atoms with E-state index in [1.54, 1.807) is 0 Å². The molecule has 0 heterocycles. The minimum Gasteiger partial charge on any atom is -0.395 e. The number of nitrogens with zero attached hydrogens (tertiary/aromatic N) is 2. The van der Waals surface area contributed by atoms with E-state index in [1.807, 2.05) is 31.1 Å². The summed E-state index contributed by atoms with van der Waals surface area (Å²) in [5, 5.41) is 12.5. The molecule has 2 unspecified atom stereocenters. The number of hydrogen-bond acceptors (Lipinski definition) is 4. The van der Waals surface area contributed by atoms with E-state index in [4.69, 9.17) is 0 Å². The van der Waals surface area contributed by atoms with E-state index in [-0.39, 0.29) is 12.6 Å². The van der Waals surface area contributed by atoms with Gasteiger partial charge in [0.2, 0.25) is 0 Å². The van der Waals surface area contributed by atoms with Crippen LogP contribution in [-0.2, 0) is 0 Å². The largest absolute Gasteiger partial charge is 0.395 e. The summed E-state index contributed by atoms with van der Waals surface area (Å²) in [5.74, 6) is 0. The van der Waals surface area contributed by atoms with Gasteiger partial charge in [-0.25, -0.2) is 0 Å². The smallest absolute Gasteiger partial charge is 0.128 e. The molecular formula is C20H40N2O2. The Morgan fingerprint density at radius 2 is 1.42 bits per heavy atom. The molecule has 24 heavy (non-hydrogen) atoms. The summed E-state index contributed by atoms with van der Waals surface area (Å²) in [6, 6.07) is -0.686. The van der Waals surface area contributed by atoms with Gasteiger partial charge >= 0.3 is 0 Å². The van der Waals surface area contributed by atoms with E-state index in [1.165, 1.54) is 70.6 Å². The van der Waals surface area contributed by atoms with Crippen molar-refractivity contribution < 1.29 is 5.11 Å². The standard InChI is InChI=1S/C20H40N2O2/c1-4-5-6-7-8-9-10-11-12-13-14-15-16-17-19(21-24)20(18-23)22(2)3/h16-17,19-20,23H,4-15,18H2,1-3H3/b17-16+. The van der Waals surface area contributed by atoms with Gasteiger partial charge in [-0.1, -0.05) is 88.5 Å². The molecule has 0 aromatic carbocycles. The molecule has 0 aliphatic heterocycles. The Morgan fingerprint density at radius 1 is 0.917 bits per heavy atom. The van der Waals surface area contributed by atoms with Crippen molar-refractivity contribution in [2.45, 2.75) is 96.1 Å². The van der Waals surface area contributed by atoms with E-state index < -0.39 is 6.04 Å². The van der Waals surface area contributed by atoms with Gasteiger partial charge < -0.3 is 10.0 Å². The lowest BCUT2D eigenvalue weighted by Crippen LogP contribution is -2.39. The van der Waals surface area contributed by atoms with Crippen molar-refractivity contribution in [2.75, 3.05) is 20.7 Å². The molecule has 0 saturated heterocycles. The summed E-state index contributed by atoms with van der Waals surface area (Å²) in [5.41, 5.74) is 0. The maximum atomic E-state index is 10.9. The van der Waals surface area contributed by atoms with Crippen molar-refractivity contribution in [3.63, 3.8) is 0 Å².